The van der Waals surface area contributed by atoms with Crippen LogP contribution in [0.1, 0.15) is 36.2 Å². The van der Waals surface area contributed by atoms with Crippen molar-refractivity contribution in [3.8, 4) is 22.9 Å². The number of imidazole rings is 1. The van der Waals surface area contributed by atoms with Crippen LogP contribution in [0.15, 0.2) is 40.9 Å². The van der Waals surface area contributed by atoms with E-state index >= 15 is 0 Å². The van der Waals surface area contributed by atoms with E-state index in [0.29, 0.717) is 24.0 Å². The maximum Gasteiger partial charge on any atom is 0.241 e. The van der Waals surface area contributed by atoms with Crippen molar-refractivity contribution in [3.05, 3.63) is 53.7 Å². The fourth-order valence-corrected chi connectivity index (χ4v) is 4.27. The highest BCUT2D eigenvalue weighted by Gasteiger charge is 2.30. The summed E-state index contributed by atoms with van der Waals surface area (Å²) < 4.78 is 16.4. The number of nitrogens with one attached hydrogen (secondary N) is 1. The largest absolute Gasteiger partial charge is 0.454 e. The third kappa shape index (κ3) is 3.00. The molecular formula is C22H21N5O3. The molecule has 2 aliphatic heterocycles. The van der Waals surface area contributed by atoms with E-state index in [4.69, 9.17) is 19.0 Å². The predicted octanol–water partition coefficient (Wildman–Crippen LogP) is 3.99. The molecule has 2 aliphatic rings. The summed E-state index contributed by atoms with van der Waals surface area (Å²) >= 11 is 0. The minimum Gasteiger partial charge on any atom is -0.454 e. The number of aryl methyl sites for hydroxylation is 1. The highest BCUT2D eigenvalue weighted by Crippen LogP contribution is 2.36. The van der Waals surface area contributed by atoms with Crippen molar-refractivity contribution >= 4 is 11.0 Å². The number of hydrogen-bond donors (Lipinski definition) is 1. The normalized spacial score (nSPS) is 18.5. The molecule has 0 aliphatic carbocycles. The Kier molecular flexibility index (Phi) is 3.98. The molecule has 4 heterocycles. The number of aromatic amines is 1. The Hall–Kier alpha value is -3.39. The van der Waals surface area contributed by atoms with E-state index in [0.717, 1.165) is 47.6 Å². The SMILES string of the molecule is Cc1ccc2nc([C@H]3CCCN3Cc3nc(-c4ccc5c(c4)OCO5)no3)[nH]c2c1. The zero-order valence-electron chi connectivity index (χ0n) is 16.6. The summed E-state index contributed by atoms with van der Waals surface area (Å²) in [6, 6.07) is 12.2. The van der Waals surface area contributed by atoms with Crippen LogP contribution >= 0.6 is 0 Å². The van der Waals surface area contributed by atoms with E-state index in [1.54, 1.807) is 0 Å². The van der Waals surface area contributed by atoms with Crippen molar-refractivity contribution < 1.29 is 14.0 Å². The van der Waals surface area contributed by atoms with Crippen molar-refractivity contribution in [2.75, 3.05) is 13.3 Å². The number of hydrogen-bond acceptors (Lipinski definition) is 7. The molecule has 1 atom stereocenters. The Labute approximate surface area is 172 Å². The van der Waals surface area contributed by atoms with Crippen LogP contribution in [0.25, 0.3) is 22.4 Å². The fourth-order valence-electron chi connectivity index (χ4n) is 4.27. The first kappa shape index (κ1) is 17.5. The molecule has 6 rings (SSSR count). The van der Waals surface area contributed by atoms with Gasteiger partial charge in [-0.1, -0.05) is 11.2 Å². The van der Waals surface area contributed by atoms with Crippen LogP contribution in [0.2, 0.25) is 0 Å². The number of H-pyrrole nitrogens is 1. The number of benzene rings is 2. The molecule has 0 radical (unpaired) electrons. The van der Waals surface area contributed by atoms with Crippen molar-refractivity contribution in [1.29, 1.82) is 0 Å². The molecule has 0 spiro atoms. The number of likely N-dealkylation sites (tertiary alicyclic amines) is 1. The molecule has 2 aromatic heterocycles. The second kappa shape index (κ2) is 6.84. The molecule has 1 saturated heterocycles. The van der Waals surface area contributed by atoms with Gasteiger partial charge in [0, 0.05) is 5.56 Å². The second-order valence-electron chi connectivity index (χ2n) is 7.85. The summed E-state index contributed by atoms with van der Waals surface area (Å²) in [5.74, 6) is 3.60. The van der Waals surface area contributed by atoms with Gasteiger partial charge in [-0.3, -0.25) is 4.90 Å². The van der Waals surface area contributed by atoms with E-state index in [1.807, 2.05) is 18.2 Å². The molecule has 30 heavy (non-hydrogen) atoms. The second-order valence-corrected chi connectivity index (χ2v) is 7.85. The van der Waals surface area contributed by atoms with Crippen molar-refractivity contribution in [1.82, 2.24) is 25.0 Å². The van der Waals surface area contributed by atoms with Crippen LogP contribution in [0, 0.1) is 6.92 Å². The van der Waals surface area contributed by atoms with Crippen LogP contribution in [-0.2, 0) is 6.54 Å². The van der Waals surface area contributed by atoms with Crippen LogP contribution in [-0.4, -0.2) is 38.3 Å². The molecule has 152 valence electrons. The summed E-state index contributed by atoms with van der Waals surface area (Å²) in [6.07, 6.45) is 2.17. The third-order valence-corrected chi connectivity index (χ3v) is 5.77. The van der Waals surface area contributed by atoms with Gasteiger partial charge in [0.25, 0.3) is 0 Å². The molecule has 1 fully saturated rings. The van der Waals surface area contributed by atoms with Crippen molar-refractivity contribution in [2.24, 2.45) is 0 Å². The van der Waals surface area contributed by atoms with E-state index in [2.05, 4.69) is 45.1 Å². The lowest BCUT2D eigenvalue weighted by Gasteiger charge is -2.20. The summed E-state index contributed by atoms with van der Waals surface area (Å²) in [6.45, 7) is 3.91. The Balaban J connectivity index is 1.23. The van der Waals surface area contributed by atoms with Gasteiger partial charge in [-0.05, 0) is 62.2 Å². The minimum absolute atomic E-state index is 0.221. The molecule has 2 aromatic carbocycles. The van der Waals surface area contributed by atoms with Gasteiger partial charge in [-0.2, -0.15) is 4.98 Å². The average Bonchev–Trinajstić information content (AvgIpc) is 3.53. The van der Waals surface area contributed by atoms with E-state index in [-0.39, 0.29) is 12.8 Å². The summed E-state index contributed by atoms with van der Waals surface area (Å²) in [4.78, 5) is 15.3. The predicted molar refractivity (Wildman–Crippen MR) is 109 cm³/mol. The third-order valence-electron chi connectivity index (χ3n) is 5.77. The first-order chi connectivity index (χ1) is 14.7. The highest BCUT2D eigenvalue weighted by atomic mass is 16.7. The van der Waals surface area contributed by atoms with Crippen LogP contribution in [0.3, 0.4) is 0 Å². The number of rotatable bonds is 4. The molecule has 1 N–H and O–H groups in total. The van der Waals surface area contributed by atoms with Gasteiger partial charge < -0.3 is 19.0 Å². The van der Waals surface area contributed by atoms with Gasteiger partial charge in [-0.15, -0.1) is 0 Å². The Bertz CT molecular complexity index is 1230. The lowest BCUT2D eigenvalue weighted by Crippen LogP contribution is -2.23. The molecule has 4 aromatic rings. The maximum atomic E-state index is 5.55. The molecule has 0 unspecified atom stereocenters. The van der Waals surface area contributed by atoms with E-state index in [9.17, 15) is 0 Å². The molecular weight excluding hydrogens is 382 g/mol. The molecule has 0 bridgehead atoms. The van der Waals surface area contributed by atoms with E-state index in [1.165, 1.54) is 5.56 Å². The van der Waals surface area contributed by atoms with Gasteiger partial charge in [0.15, 0.2) is 11.5 Å². The molecule has 0 saturated carbocycles. The van der Waals surface area contributed by atoms with Gasteiger partial charge in [0.2, 0.25) is 18.5 Å². The summed E-state index contributed by atoms with van der Waals surface area (Å²) in [7, 11) is 0. The van der Waals surface area contributed by atoms with Crippen molar-refractivity contribution in [3.63, 3.8) is 0 Å². The highest BCUT2D eigenvalue weighted by molar-refractivity contribution is 5.75. The van der Waals surface area contributed by atoms with Gasteiger partial charge in [0.1, 0.15) is 5.82 Å². The fraction of sp³-hybridized carbons (Fsp3) is 0.318. The first-order valence-electron chi connectivity index (χ1n) is 10.2. The average molecular weight is 403 g/mol. The lowest BCUT2D eigenvalue weighted by molar-refractivity contribution is 0.174. The smallest absolute Gasteiger partial charge is 0.241 e. The van der Waals surface area contributed by atoms with Gasteiger partial charge in [0.05, 0.1) is 23.6 Å². The number of fused-ring (bicyclic) bond motifs is 2. The topological polar surface area (TPSA) is 89.3 Å². The Morgan fingerprint density at radius 3 is 3.00 bits per heavy atom. The lowest BCUT2D eigenvalue weighted by atomic mass is 10.2. The Morgan fingerprint density at radius 1 is 1.10 bits per heavy atom. The molecule has 8 heteroatoms. The summed E-state index contributed by atoms with van der Waals surface area (Å²) in [5.41, 5.74) is 4.16. The van der Waals surface area contributed by atoms with Crippen LogP contribution in [0.4, 0.5) is 0 Å². The maximum absolute atomic E-state index is 5.55. The number of ether oxygens (including phenoxy) is 2. The summed E-state index contributed by atoms with van der Waals surface area (Å²) in [5, 5.41) is 4.16. The van der Waals surface area contributed by atoms with E-state index < -0.39 is 0 Å². The standard InChI is InChI=1S/C22H21N5O3/c1-13-4-6-15-16(9-13)24-22(23-15)17-3-2-8-27(17)11-20-25-21(26-30-20)14-5-7-18-19(10-14)29-12-28-18/h4-7,9-10,17H,2-3,8,11-12H2,1H3,(H,23,24)/t17-/m1/s1. The molecule has 0 amide bonds. The van der Waals surface area contributed by atoms with Crippen molar-refractivity contribution in [2.45, 2.75) is 32.4 Å². The molecule has 8 nitrogen and oxygen atoms in total. The quantitative estimate of drug-likeness (QED) is 0.551. The van der Waals surface area contributed by atoms with Gasteiger partial charge in [-0.25, -0.2) is 4.98 Å². The number of nitrogens with zero attached hydrogens (tertiary/aromatic N) is 4. The Morgan fingerprint density at radius 2 is 2.03 bits per heavy atom. The van der Waals surface area contributed by atoms with Crippen LogP contribution < -0.4 is 9.47 Å². The minimum atomic E-state index is 0.221. The first-order valence-corrected chi connectivity index (χ1v) is 10.2. The van der Waals surface area contributed by atoms with Crippen LogP contribution in [0.5, 0.6) is 11.5 Å². The van der Waals surface area contributed by atoms with Gasteiger partial charge >= 0.3 is 0 Å². The number of aromatic nitrogens is 4. The zero-order valence-corrected chi connectivity index (χ0v) is 16.6. The zero-order chi connectivity index (χ0) is 20.1. The monoisotopic (exact) mass is 403 g/mol.